The molecule has 2 aromatic carbocycles. The van der Waals surface area contributed by atoms with Gasteiger partial charge in [-0.15, -0.1) is 0 Å². The van der Waals surface area contributed by atoms with Crippen molar-refractivity contribution in [1.29, 1.82) is 0 Å². The molecule has 0 saturated carbocycles. The predicted molar refractivity (Wildman–Crippen MR) is 115 cm³/mol. The van der Waals surface area contributed by atoms with Crippen LogP contribution in [-0.2, 0) is 23.6 Å². The molecule has 2 rings (SSSR count). The highest BCUT2D eigenvalue weighted by Gasteiger charge is 2.40. The van der Waals surface area contributed by atoms with Gasteiger partial charge in [-0.1, -0.05) is 79.7 Å². The van der Waals surface area contributed by atoms with Gasteiger partial charge in [0.15, 0.2) is 7.14 Å². The maximum Gasteiger partial charge on any atom is 0.302 e. The van der Waals surface area contributed by atoms with Crippen molar-refractivity contribution in [2.75, 3.05) is 6.61 Å². The van der Waals surface area contributed by atoms with E-state index in [1.54, 1.807) is 12.2 Å². The predicted octanol–water partition coefficient (Wildman–Crippen LogP) is 3.83. The molecule has 0 spiro atoms. The van der Waals surface area contributed by atoms with Gasteiger partial charge in [0.1, 0.15) is 12.7 Å². The van der Waals surface area contributed by atoms with Crippen LogP contribution < -0.4 is 10.6 Å². The molecule has 0 aliphatic rings. The maximum absolute atomic E-state index is 14.7. The molecule has 0 aromatic heterocycles. The Bertz CT molecular complexity index is 833. The molecule has 29 heavy (non-hydrogen) atoms. The molecule has 2 atom stereocenters. The van der Waals surface area contributed by atoms with E-state index in [2.05, 4.69) is 0 Å². The lowest BCUT2D eigenvalue weighted by molar-refractivity contribution is -0.146. The number of carbonyl (C=O) groups excluding carboxylic acids is 2. The van der Waals surface area contributed by atoms with Crippen molar-refractivity contribution in [2.45, 2.75) is 39.0 Å². The molecule has 0 aliphatic heterocycles. The van der Waals surface area contributed by atoms with Crippen LogP contribution in [0.15, 0.2) is 72.8 Å². The summed E-state index contributed by atoms with van der Waals surface area (Å²) in [6, 6.07) is 18.5. The molecule has 0 fully saturated rings. The Labute approximate surface area is 172 Å². The molecule has 0 radical (unpaired) electrons. The quantitative estimate of drug-likeness (QED) is 0.354. The number of rotatable bonds is 9. The molecular weight excluding hydrogens is 387 g/mol. The van der Waals surface area contributed by atoms with E-state index < -0.39 is 30.8 Å². The lowest BCUT2D eigenvalue weighted by Crippen LogP contribution is -2.36. The first kappa shape index (κ1) is 22.6. The van der Waals surface area contributed by atoms with Gasteiger partial charge in [0.2, 0.25) is 0 Å². The first-order valence-corrected chi connectivity index (χ1v) is 11.3. The molecule has 0 N–H and O–H groups in total. The Morgan fingerprint density at radius 1 is 0.931 bits per heavy atom. The summed E-state index contributed by atoms with van der Waals surface area (Å²) in [4.78, 5) is 22.8. The van der Waals surface area contributed by atoms with Crippen molar-refractivity contribution >= 4 is 29.7 Å². The Morgan fingerprint density at radius 2 is 1.45 bits per heavy atom. The van der Waals surface area contributed by atoms with E-state index in [1.165, 1.54) is 13.8 Å². The van der Waals surface area contributed by atoms with E-state index in [9.17, 15) is 14.2 Å². The molecule has 0 bridgehead atoms. The van der Waals surface area contributed by atoms with Gasteiger partial charge in [-0.25, -0.2) is 0 Å². The molecule has 154 valence electrons. The van der Waals surface area contributed by atoms with Crippen molar-refractivity contribution < 1.29 is 23.6 Å². The van der Waals surface area contributed by atoms with E-state index >= 15 is 0 Å². The van der Waals surface area contributed by atoms with E-state index in [0.717, 1.165) is 0 Å². The maximum atomic E-state index is 14.7. The fraction of sp³-hybridized carbons (Fsp3) is 0.304. The fourth-order valence-corrected chi connectivity index (χ4v) is 6.56. The summed E-state index contributed by atoms with van der Waals surface area (Å²) >= 11 is 0. The zero-order valence-corrected chi connectivity index (χ0v) is 17.9. The van der Waals surface area contributed by atoms with Gasteiger partial charge in [0.25, 0.3) is 0 Å². The van der Waals surface area contributed by atoms with Gasteiger partial charge in [-0.05, 0) is 6.42 Å². The van der Waals surface area contributed by atoms with Crippen LogP contribution in [-0.4, -0.2) is 30.3 Å². The van der Waals surface area contributed by atoms with E-state index in [1.807, 2.05) is 67.6 Å². The highest BCUT2D eigenvalue weighted by atomic mass is 31.2. The molecular formula is C23H27O5P. The van der Waals surface area contributed by atoms with Crippen molar-refractivity contribution in [3.63, 3.8) is 0 Å². The molecule has 0 amide bonds. The van der Waals surface area contributed by atoms with Gasteiger partial charge in [0.05, 0.1) is 5.66 Å². The van der Waals surface area contributed by atoms with Crippen LogP contribution in [0.25, 0.3) is 0 Å². The van der Waals surface area contributed by atoms with Crippen LogP contribution in [0.1, 0.15) is 27.2 Å². The van der Waals surface area contributed by atoms with E-state index in [4.69, 9.17) is 9.47 Å². The summed E-state index contributed by atoms with van der Waals surface area (Å²) in [5.74, 6) is -0.824. The van der Waals surface area contributed by atoms with E-state index in [0.29, 0.717) is 17.0 Å². The zero-order valence-electron chi connectivity index (χ0n) is 17.0. The number of hydrogen-bond acceptors (Lipinski definition) is 5. The third-order valence-electron chi connectivity index (χ3n) is 4.52. The van der Waals surface area contributed by atoms with Crippen molar-refractivity contribution in [3.05, 3.63) is 72.8 Å². The minimum atomic E-state index is -3.23. The smallest absolute Gasteiger partial charge is 0.302 e. The average molecular weight is 414 g/mol. The summed E-state index contributed by atoms with van der Waals surface area (Å²) in [6.07, 6.45) is 3.32. The highest BCUT2D eigenvalue weighted by Crippen LogP contribution is 2.51. The second kappa shape index (κ2) is 10.8. The van der Waals surface area contributed by atoms with Crippen molar-refractivity contribution in [2.24, 2.45) is 0 Å². The number of benzene rings is 2. The van der Waals surface area contributed by atoms with Crippen LogP contribution in [0.2, 0.25) is 0 Å². The third kappa shape index (κ3) is 5.91. The fourth-order valence-electron chi connectivity index (χ4n) is 3.24. The van der Waals surface area contributed by atoms with Crippen LogP contribution >= 0.6 is 7.14 Å². The number of esters is 2. The van der Waals surface area contributed by atoms with Crippen LogP contribution in [0, 0.1) is 0 Å². The average Bonchev–Trinajstić information content (AvgIpc) is 2.73. The SMILES string of the molecule is CC[C@H](OC(C)=O)[C@@H](/C=C/COC(C)=O)P(=O)(c1ccccc1)c1ccccc1. The number of hydrogen-bond donors (Lipinski definition) is 0. The van der Waals surface area contributed by atoms with Gasteiger partial charge in [-0.3, -0.25) is 9.59 Å². The van der Waals surface area contributed by atoms with Gasteiger partial charge in [-0.2, -0.15) is 0 Å². The van der Waals surface area contributed by atoms with Crippen LogP contribution in [0.4, 0.5) is 0 Å². The number of carbonyl (C=O) groups is 2. The lowest BCUT2D eigenvalue weighted by Gasteiger charge is -2.32. The molecule has 0 saturated heterocycles. The Balaban J connectivity index is 2.61. The highest BCUT2D eigenvalue weighted by molar-refractivity contribution is 7.79. The normalized spacial score (nSPS) is 13.6. The summed E-state index contributed by atoms with van der Waals surface area (Å²) in [5.41, 5.74) is -0.600. The van der Waals surface area contributed by atoms with Gasteiger partial charge >= 0.3 is 11.9 Å². The Hall–Kier alpha value is -2.65. The Kier molecular flexibility index (Phi) is 8.41. The first-order chi connectivity index (χ1) is 13.9. The van der Waals surface area contributed by atoms with Gasteiger partial charge in [0, 0.05) is 24.5 Å². The second-order valence-electron chi connectivity index (χ2n) is 6.61. The van der Waals surface area contributed by atoms with Crippen molar-refractivity contribution in [3.8, 4) is 0 Å². The standard InChI is InChI=1S/C23H27O5P/c1-4-22(28-19(3)25)23(16-11-17-27-18(2)24)29(26,20-12-7-5-8-13-20)21-14-9-6-10-15-21/h5-16,22-23H,4,17H2,1-3H3/b16-11+/t22-,23+/m0/s1. The van der Waals surface area contributed by atoms with Crippen LogP contribution in [0.5, 0.6) is 0 Å². The second-order valence-corrected chi connectivity index (χ2v) is 9.55. The minimum absolute atomic E-state index is 0.0614. The van der Waals surface area contributed by atoms with Crippen molar-refractivity contribution in [1.82, 2.24) is 0 Å². The molecule has 0 aliphatic carbocycles. The molecule has 2 aromatic rings. The monoisotopic (exact) mass is 414 g/mol. The molecule has 0 heterocycles. The Morgan fingerprint density at radius 3 is 1.86 bits per heavy atom. The topological polar surface area (TPSA) is 69.7 Å². The van der Waals surface area contributed by atoms with Gasteiger partial charge < -0.3 is 14.0 Å². The lowest BCUT2D eigenvalue weighted by atomic mass is 10.2. The molecule has 6 heteroatoms. The summed E-state index contributed by atoms with van der Waals surface area (Å²) in [7, 11) is -3.23. The summed E-state index contributed by atoms with van der Waals surface area (Å²) in [6.45, 7) is 4.63. The first-order valence-electron chi connectivity index (χ1n) is 9.57. The largest absolute Gasteiger partial charge is 0.462 e. The summed E-state index contributed by atoms with van der Waals surface area (Å²) in [5, 5.41) is 1.36. The third-order valence-corrected chi connectivity index (χ3v) is 7.99. The molecule has 5 nitrogen and oxygen atoms in total. The zero-order chi connectivity index (χ0) is 21.3. The summed E-state index contributed by atoms with van der Waals surface area (Å²) < 4.78 is 25.2. The van der Waals surface area contributed by atoms with E-state index in [-0.39, 0.29) is 6.61 Å². The minimum Gasteiger partial charge on any atom is -0.462 e. The molecule has 0 unspecified atom stereocenters. The van der Waals surface area contributed by atoms with Crippen LogP contribution in [0.3, 0.4) is 0 Å². The number of ether oxygens (including phenoxy) is 2.